The molecule has 0 spiro atoms. The SMILES string of the molecule is O=C(NC1CC2CCC(C1)N2C(=O)CCC(F)(F)F)c1ccc2nncn2c1. The molecular weight excluding hydrogens is 375 g/mol. The molecular formula is C18H20F3N5O2. The number of piperidine rings is 1. The van der Waals surface area contributed by atoms with Crippen LogP contribution in [0.4, 0.5) is 13.2 Å². The Kier molecular flexibility index (Phi) is 4.72. The van der Waals surface area contributed by atoms with Crippen LogP contribution in [0.25, 0.3) is 5.65 Å². The van der Waals surface area contributed by atoms with Crippen molar-refractivity contribution < 1.29 is 22.8 Å². The second-order valence-electron chi connectivity index (χ2n) is 7.46. The molecule has 10 heteroatoms. The van der Waals surface area contributed by atoms with Gasteiger partial charge in [-0.15, -0.1) is 10.2 Å². The molecule has 0 aliphatic carbocycles. The summed E-state index contributed by atoms with van der Waals surface area (Å²) in [4.78, 5) is 26.5. The van der Waals surface area contributed by atoms with E-state index in [-0.39, 0.29) is 24.0 Å². The highest BCUT2D eigenvalue weighted by molar-refractivity contribution is 5.94. The molecule has 2 aliphatic rings. The predicted octanol–water partition coefficient (Wildman–Crippen LogP) is 2.32. The normalized spacial score (nSPS) is 24.5. The van der Waals surface area contributed by atoms with Gasteiger partial charge < -0.3 is 10.2 Å². The molecule has 2 aromatic rings. The zero-order valence-corrected chi connectivity index (χ0v) is 15.0. The minimum atomic E-state index is -4.33. The van der Waals surface area contributed by atoms with Crippen molar-refractivity contribution >= 4 is 17.5 Å². The quantitative estimate of drug-likeness (QED) is 0.862. The summed E-state index contributed by atoms with van der Waals surface area (Å²) < 4.78 is 38.9. The number of rotatable bonds is 4. The molecule has 2 unspecified atom stereocenters. The largest absolute Gasteiger partial charge is 0.389 e. The minimum absolute atomic E-state index is 0.103. The summed E-state index contributed by atoms with van der Waals surface area (Å²) in [7, 11) is 0. The van der Waals surface area contributed by atoms with Gasteiger partial charge in [0.05, 0.1) is 12.0 Å². The van der Waals surface area contributed by atoms with E-state index in [0.29, 0.717) is 24.1 Å². The standard InChI is InChI=1S/C18H20F3N5O2/c19-18(20,21)6-5-16(27)26-13-2-3-14(26)8-12(7-13)23-17(28)11-1-4-15-24-22-10-25(15)9-11/h1,4,9-10,12-14H,2-3,5-8H2,(H,23,28). The Morgan fingerprint density at radius 2 is 1.89 bits per heavy atom. The Balaban J connectivity index is 1.37. The van der Waals surface area contributed by atoms with E-state index >= 15 is 0 Å². The zero-order valence-electron chi connectivity index (χ0n) is 15.0. The number of amides is 2. The van der Waals surface area contributed by atoms with Crippen molar-refractivity contribution in [3.63, 3.8) is 0 Å². The topological polar surface area (TPSA) is 79.6 Å². The Morgan fingerprint density at radius 3 is 2.57 bits per heavy atom. The molecule has 7 nitrogen and oxygen atoms in total. The number of aromatic nitrogens is 3. The lowest BCUT2D eigenvalue weighted by Gasteiger charge is -2.39. The van der Waals surface area contributed by atoms with E-state index in [2.05, 4.69) is 15.5 Å². The van der Waals surface area contributed by atoms with Gasteiger partial charge >= 0.3 is 6.18 Å². The number of pyridine rings is 1. The molecule has 2 atom stereocenters. The number of alkyl halides is 3. The van der Waals surface area contributed by atoms with Crippen LogP contribution in [-0.4, -0.2) is 55.6 Å². The van der Waals surface area contributed by atoms with Crippen LogP contribution in [0.15, 0.2) is 24.7 Å². The lowest BCUT2D eigenvalue weighted by Crippen LogP contribution is -2.52. The van der Waals surface area contributed by atoms with Crippen molar-refractivity contribution in [3.05, 3.63) is 30.2 Å². The fourth-order valence-electron chi connectivity index (χ4n) is 4.31. The molecule has 2 saturated heterocycles. The van der Waals surface area contributed by atoms with Gasteiger partial charge in [0.2, 0.25) is 5.91 Å². The molecule has 2 bridgehead atoms. The second kappa shape index (κ2) is 7.06. The number of hydrogen-bond acceptors (Lipinski definition) is 4. The molecule has 4 heterocycles. The van der Waals surface area contributed by atoms with Crippen LogP contribution in [0.3, 0.4) is 0 Å². The molecule has 150 valence electrons. The van der Waals surface area contributed by atoms with Crippen LogP contribution in [0.2, 0.25) is 0 Å². The zero-order chi connectivity index (χ0) is 19.9. The average Bonchev–Trinajstić information content (AvgIpc) is 3.21. The Labute approximate surface area is 158 Å². The van der Waals surface area contributed by atoms with Gasteiger partial charge in [-0.3, -0.25) is 14.0 Å². The van der Waals surface area contributed by atoms with Gasteiger partial charge in [-0.25, -0.2) is 0 Å². The molecule has 1 N–H and O–H groups in total. The molecule has 0 radical (unpaired) electrons. The number of halogens is 3. The highest BCUT2D eigenvalue weighted by Gasteiger charge is 2.44. The maximum absolute atomic E-state index is 12.6. The first-order valence-electron chi connectivity index (χ1n) is 9.28. The van der Waals surface area contributed by atoms with Gasteiger partial charge in [0, 0.05) is 30.7 Å². The van der Waals surface area contributed by atoms with Crippen LogP contribution in [0.5, 0.6) is 0 Å². The third kappa shape index (κ3) is 3.81. The summed E-state index contributed by atoms with van der Waals surface area (Å²) in [5, 5.41) is 10.7. The summed E-state index contributed by atoms with van der Waals surface area (Å²) in [6.07, 6.45) is -0.105. The number of nitrogens with one attached hydrogen (secondary N) is 1. The predicted molar refractivity (Wildman–Crippen MR) is 92.4 cm³/mol. The summed E-state index contributed by atoms with van der Waals surface area (Å²) in [5.41, 5.74) is 1.11. The third-order valence-corrected chi connectivity index (χ3v) is 5.53. The smallest absolute Gasteiger partial charge is 0.349 e. The lowest BCUT2D eigenvalue weighted by molar-refractivity contribution is -0.151. The van der Waals surface area contributed by atoms with Gasteiger partial charge in [-0.05, 0) is 37.8 Å². The summed E-state index contributed by atoms with van der Waals surface area (Å²) >= 11 is 0. The molecule has 2 aliphatic heterocycles. The first kappa shape index (κ1) is 18.7. The number of carbonyl (C=O) groups is 2. The fourth-order valence-corrected chi connectivity index (χ4v) is 4.31. The van der Waals surface area contributed by atoms with Crippen molar-refractivity contribution in [3.8, 4) is 0 Å². The van der Waals surface area contributed by atoms with Gasteiger partial charge in [-0.2, -0.15) is 13.2 Å². The van der Waals surface area contributed by atoms with Crippen molar-refractivity contribution in [2.75, 3.05) is 0 Å². The van der Waals surface area contributed by atoms with Crippen LogP contribution in [0, 0.1) is 0 Å². The van der Waals surface area contributed by atoms with Crippen LogP contribution >= 0.6 is 0 Å². The molecule has 2 fully saturated rings. The highest BCUT2D eigenvalue weighted by Crippen LogP contribution is 2.37. The van der Waals surface area contributed by atoms with E-state index in [4.69, 9.17) is 0 Å². The molecule has 2 aromatic heterocycles. The average molecular weight is 395 g/mol. The summed E-state index contributed by atoms with van der Waals surface area (Å²) in [6, 6.07) is 3.06. The van der Waals surface area contributed by atoms with Crippen molar-refractivity contribution in [2.24, 2.45) is 0 Å². The van der Waals surface area contributed by atoms with Crippen molar-refractivity contribution in [1.29, 1.82) is 0 Å². The first-order chi connectivity index (χ1) is 13.3. The van der Waals surface area contributed by atoms with E-state index in [9.17, 15) is 22.8 Å². The van der Waals surface area contributed by atoms with E-state index in [1.54, 1.807) is 27.6 Å². The van der Waals surface area contributed by atoms with Crippen LogP contribution < -0.4 is 5.32 Å². The van der Waals surface area contributed by atoms with Crippen molar-refractivity contribution in [1.82, 2.24) is 24.8 Å². The van der Waals surface area contributed by atoms with Gasteiger partial charge in [0.25, 0.3) is 5.91 Å². The van der Waals surface area contributed by atoms with Crippen LogP contribution in [-0.2, 0) is 4.79 Å². The number of nitrogens with zero attached hydrogens (tertiary/aromatic N) is 4. The molecule has 28 heavy (non-hydrogen) atoms. The van der Waals surface area contributed by atoms with E-state index in [1.165, 1.54) is 6.33 Å². The molecule has 4 rings (SSSR count). The Bertz CT molecular complexity index is 883. The molecule has 0 aromatic carbocycles. The first-order valence-corrected chi connectivity index (χ1v) is 9.28. The summed E-state index contributed by atoms with van der Waals surface area (Å²) in [5.74, 6) is -0.662. The Hall–Kier alpha value is -2.65. The van der Waals surface area contributed by atoms with Gasteiger partial charge in [0.1, 0.15) is 6.33 Å². The van der Waals surface area contributed by atoms with Crippen LogP contribution in [0.1, 0.15) is 48.9 Å². The molecule has 0 saturated carbocycles. The summed E-state index contributed by atoms with van der Waals surface area (Å²) in [6.45, 7) is 0. The van der Waals surface area contributed by atoms with E-state index in [1.807, 2.05) is 0 Å². The van der Waals surface area contributed by atoms with Crippen molar-refractivity contribution in [2.45, 2.75) is 62.8 Å². The number of hydrogen-bond donors (Lipinski definition) is 1. The fraction of sp³-hybridized carbons (Fsp3) is 0.556. The van der Waals surface area contributed by atoms with E-state index in [0.717, 1.165) is 12.8 Å². The number of carbonyl (C=O) groups excluding carboxylic acids is 2. The maximum atomic E-state index is 12.6. The highest BCUT2D eigenvalue weighted by atomic mass is 19.4. The van der Waals surface area contributed by atoms with Gasteiger partial charge in [-0.1, -0.05) is 0 Å². The monoisotopic (exact) mass is 395 g/mol. The lowest BCUT2D eigenvalue weighted by atomic mass is 9.96. The Morgan fingerprint density at radius 1 is 1.18 bits per heavy atom. The third-order valence-electron chi connectivity index (χ3n) is 5.53. The van der Waals surface area contributed by atoms with Gasteiger partial charge in [0.15, 0.2) is 5.65 Å². The second-order valence-corrected chi connectivity index (χ2v) is 7.46. The van der Waals surface area contributed by atoms with E-state index < -0.39 is 24.9 Å². The number of fused-ring (bicyclic) bond motifs is 3. The minimum Gasteiger partial charge on any atom is -0.349 e. The molecule has 2 amide bonds. The maximum Gasteiger partial charge on any atom is 0.389 e.